The average Bonchev–Trinajstić information content (AvgIpc) is 3.21. The molecular formula is C45H75O12P. The molecule has 1 rings (SSSR count). The van der Waals surface area contributed by atoms with Gasteiger partial charge in [-0.2, -0.15) is 0 Å². The number of phosphoric ester groups is 1. The largest absolute Gasteiger partial charge is 0.472 e. The summed E-state index contributed by atoms with van der Waals surface area (Å²) in [7, 11) is -5.04. The number of hydrogen-bond acceptors (Lipinski definition) is 11. The van der Waals surface area contributed by atoms with Gasteiger partial charge in [-0.05, 0) is 83.5 Å². The first-order valence-corrected chi connectivity index (χ1v) is 22.9. The highest BCUT2D eigenvalue weighted by Gasteiger charge is 2.51. The van der Waals surface area contributed by atoms with Gasteiger partial charge in [-0.3, -0.25) is 13.8 Å². The molecule has 1 fully saturated rings. The van der Waals surface area contributed by atoms with E-state index in [1.807, 2.05) is 0 Å². The zero-order valence-electron chi connectivity index (χ0n) is 35.1. The predicted molar refractivity (Wildman–Crippen MR) is 230 cm³/mol. The normalized spacial score (nSPS) is 23.5. The fourth-order valence-corrected chi connectivity index (χ4v) is 6.80. The Kier molecular flexibility index (Phi) is 32.6. The van der Waals surface area contributed by atoms with Crippen molar-refractivity contribution >= 4 is 13.8 Å². The Hall–Kier alpha value is -2.48. The van der Waals surface area contributed by atoms with E-state index in [0.717, 1.165) is 103 Å². The van der Waals surface area contributed by atoms with Crippen molar-refractivity contribution in [2.24, 2.45) is 0 Å². The van der Waals surface area contributed by atoms with Gasteiger partial charge in [0.1, 0.15) is 42.7 Å². The quantitative estimate of drug-likeness (QED) is 0.0158. The molecule has 0 heterocycles. The van der Waals surface area contributed by atoms with Crippen LogP contribution < -0.4 is 0 Å². The topological polar surface area (TPSA) is 192 Å². The molecule has 0 bridgehead atoms. The van der Waals surface area contributed by atoms with Crippen molar-refractivity contribution in [1.29, 1.82) is 0 Å². The zero-order chi connectivity index (χ0) is 42.7. The van der Waals surface area contributed by atoms with Gasteiger partial charge >= 0.3 is 13.8 Å². The summed E-state index contributed by atoms with van der Waals surface area (Å²) in [5, 5.41) is 50.1. The number of ether oxygens (including phenoxy) is 2. The molecule has 1 aliphatic carbocycles. The van der Waals surface area contributed by atoms with Crippen molar-refractivity contribution in [1.82, 2.24) is 0 Å². The van der Waals surface area contributed by atoms with Crippen LogP contribution in [-0.4, -0.2) is 98.9 Å². The van der Waals surface area contributed by atoms with Crippen molar-refractivity contribution in [3.05, 3.63) is 85.1 Å². The predicted octanol–water partition coefficient (Wildman–Crippen LogP) is 8.19. The summed E-state index contributed by atoms with van der Waals surface area (Å²) >= 11 is 0. The van der Waals surface area contributed by atoms with Crippen molar-refractivity contribution in [3.63, 3.8) is 0 Å². The fourth-order valence-electron chi connectivity index (χ4n) is 5.83. The molecule has 6 N–H and O–H groups in total. The number of rotatable bonds is 34. The van der Waals surface area contributed by atoms with E-state index in [9.17, 15) is 39.8 Å². The lowest BCUT2D eigenvalue weighted by atomic mass is 9.85. The molecule has 6 unspecified atom stereocenters. The molecular weight excluding hydrogens is 763 g/mol. The van der Waals surface area contributed by atoms with Crippen LogP contribution in [0.5, 0.6) is 0 Å². The maximum Gasteiger partial charge on any atom is 0.472 e. The lowest BCUT2D eigenvalue weighted by Gasteiger charge is -2.41. The Morgan fingerprint density at radius 3 is 1.55 bits per heavy atom. The van der Waals surface area contributed by atoms with Crippen molar-refractivity contribution in [3.8, 4) is 0 Å². The summed E-state index contributed by atoms with van der Waals surface area (Å²) in [5.74, 6) is -0.512. The van der Waals surface area contributed by atoms with Gasteiger partial charge in [-0.15, -0.1) is 0 Å². The highest BCUT2D eigenvalue weighted by Crippen LogP contribution is 2.47. The minimum atomic E-state index is -5.04. The van der Waals surface area contributed by atoms with Gasteiger partial charge in [0.25, 0.3) is 0 Å². The van der Waals surface area contributed by atoms with E-state index in [2.05, 4.69) is 98.9 Å². The third kappa shape index (κ3) is 27.3. The first-order valence-electron chi connectivity index (χ1n) is 21.4. The first kappa shape index (κ1) is 53.5. The first-order chi connectivity index (χ1) is 28.0. The number of phosphoric acid groups is 1. The van der Waals surface area contributed by atoms with Crippen LogP contribution in [0.2, 0.25) is 0 Å². The highest BCUT2D eigenvalue weighted by molar-refractivity contribution is 7.47. The van der Waals surface area contributed by atoms with Gasteiger partial charge in [0.15, 0.2) is 0 Å². The maximum atomic E-state index is 12.8. The zero-order valence-corrected chi connectivity index (χ0v) is 35.9. The third-order valence-corrected chi connectivity index (χ3v) is 10.2. The molecule has 6 atom stereocenters. The van der Waals surface area contributed by atoms with Gasteiger partial charge in [-0.25, -0.2) is 4.57 Å². The Morgan fingerprint density at radius 1 is 0.569 bits per heavy atom. The van der Waals surface area contributed by atoms with E-state index in [-0.39, 0.29) is 13.0 Å². The second-order valence-corrected chi connectivity index (χ2v) is 15.9. The molecule has 0 amide bonds. The maximum absolute atomic E-state index is 12.8. The summed E-state index contributed by atoms with van der Waals surface area (Å²) in [5.41, 5.74) is 0. The standard InChI is InChI=1S/C45H75O12P/c1-3-5-7-9-11-13-15-17-18-19-20-21-23-25-27-29-31-33-35-54-36-38(37-55-58(52,53)57-45-43(50)41(48)40(47)42(49)44(45)51)56-39(46)34-32-30-28-26-24-22-16-14-12-10-8-6-4-2/h5,7-8,10-11,13-14,16-18,20-21,25,27,38,40-45,47-51H,3-4,6,9,12,15,19,22-24,26,28-37H2,1-2H3,(H,52,53)/b7-5-,10-8-,13-11-,16-14-,18-17-,21-20-,27-25-. The smallest absolute Gasteiger partial charge is 0.457 e. The summed E-state index contributed by atoms with van der Waals surface area (Å²) in [4.78, 5) is 23.1. The van der Waals surface area contributed by atoms with Gasteiger partial charge in [0.05, 0.1) is 13.2 Å². The lowest BCUT2D eigenvalue weighted by Crippen LogP contribution is -2.64. The second kappa shape index (κ2) is 35.3. The second-order valence-electron chi connectivity index (χ2n) is 14.5. The number of esters is 1. The number of allylic oxidation sites excluding steroid dienone is 14. The van der Waals surface area contributed by atoms with Crippen LogP contribution in [0, 0.1) is 0 Å². The van der Waals surface area contributed by atoms with E-state index >= 15 is 0 Å². The van der Waals surface area contributed by atoms with Crippen LogP contribution in [0.15, 0.2) is 85.1 Å². The van der Waals surface area contributed by atoms with E-state index in [1.54, 1.807) is 0 Å². The number of aliphatic hydroxyl groups excluding tert-OH is 5. The number of aliphatic hydroxyl groups is 5. The molecule has 0 aromatic carbocycles. The molecule has 0 aromatic heterocycles. The number of carbonyl (C=O) groups is 1. The molecule has 0 aromatic rings. The average molecular weight is 839 g/mol. The molecule has 12 nitrogen and oxygen atoms in total. The van der Waals surface area contributed by atoms with E-state index in [1.165, 1.54) is 0 Å². The molecule has 1 aliphatic rings. The molecule has 332 valence electrons. The fraction of sp³-hybridized carbons (Fsp3) is 0.667. The van der Waals surface area contributed by atoms with E-state index < -0.39 is 63.1 Å². The van der Waals surface area contributed by atoms with Crippen LogP contribution in [0.3, 0.4) is 0 Å². The Morgan fingerprint density at radius 2 is 1.02 bits per heavy atom. The summed E-state index contributed by atoms with van der Waals surface area (Å²) in [6.45, 7) is 3.93. The van der Waals surface area contributed by atoms with Crippen molar-refractivity contribution < 1.29 is 58.3 Å². The molecule has 13 heteroatoms. The number of carbonyl (C=O) groups excluding carboxylic acids is 1. The van der Waals surface area contributed by atoms with Crippen LogP contribution in [0.4, 0.5) is 0 Å². The van der Waals surface area contributed by atoms with Crippen LogP contribution in [0.25, 0.3) is 0 Å². The summed E-state index contributed by atoms with van der Waals surface area (Å²) in [6, 6.07) is 0. The molecule has 0 spiro atoms. The van der Waals surface area contributed by atoms with Gasteiger partial charge in [-0.1, -0.05) is 125 Å². The van der Waals surface area contributed by atoms with Gasteiger partial charge in [0, 0.05) is 13.0 Å². The van der Waals surface area contributed by atoms with E-state index in [0.29, 0.717) is 13.0 Å². The van der Waals surface area contributed by atoms with Gasteiger partial charge in [0.2, 0.25) is 0 Å². The summed E-state index contributed by atoms with van der Waals surface area (Å²) < 4.78 is 34.0. The van der Waals surface area contributed by atoms with Crippen LogP contribution >= 0.6 is 7.82 Å². The molecule has 0 radical (unpaired) electrons. The Labute approximate surface area is 348 Å². The van der Waals surface area contributed by atoms with Crippen LogP contribution in [-0.2, 0) is 27.9 Å². The Bertz CT molecular complexity index is 1280. The molecule has 1 saturated carbocycles. The molecule has 58 heavy (non-hydrogen) atoms. The van der Waals surface area contributed by atoms with Gasteiger partial charge < -0.3 is 39.9 Å². The van der Waals surface area contributed by atoms with Crippen LogP contribution in [0.1, 0.15) is 129 Å². The van der Waals surface area contributed by atoms with Crippen molar-refractivity contribution in [2.75, 3.05) is 19.8 Å². The highest BCUT2D eigenvalue weighted by atomic mass is 31.2. The molecule has 0 saturated heterocycles. The minimum absolute atomic E-state index is 0.117. The monoisotopic (exact) mass is 838 g/mol. The minimum Gasteiger partial charge on any atom is -0.457 e. The van der Waals surface area contributed by atoms with Crippen molar-refractivity contribution in [2.45, 2.75) is 172 Å². The third-order valence-electron chi connectivity index (χ3n) is 9.23. The number of hydrogen-bond donors (Lipinski definition) is 6. The Balaban J connectivity index is 2.48. The SMILES string of the molecule is CC/C=C\C/C=C\C/C=C\C/C=C\C/C=C\CCCCOCC(COP(=O)(O)OC1C(O)C(O)C(O)C(O)C1O)OC(=O)CCCCCCC/C=C\C/C=C\CCC. The molecule has 0 aliphatic heterocycles. The lowest BCUT2D eigenvalue weighted by molar-refractivity contribution is -0.220. The number of unbranched alkanes of at least 4 members (excludes halogenated alkanes) is 8. The van der Waals surface area contributed by atoms with E-state index in [4.69, 9.17) is 18.5 Å². The summed E-state index contributed by atoms with van der Waals surface area (Å²) in [6.07, 6.45) is 33.8.